The van der Waals surface area contributed by atoms with Gasteiger partial charge in [0.1, 0.15) is 0 Å². The molecule has 2 fully saturated rings. The first kappa shape index (κ1) is 15.3. The quantitative estimate of drug-likeness (QED) is 0.744. The molecule has 0 aliphatic carbocycles. The lowest BCUT2D eigenvalue weighted by Crippen LogP contribution is -2.58. The maximum atomic E-state index is 3.57. The summed E-state index contributed by atoms with van der Waals surface area (Å²) in [4.78, 5) is 5.47. The van der Waals surface area contributed by atoms with Crippen molar-refractivity contribution in [2.24, 2.45) is 5.92 Å². The molecule has 0 aromatic carbocycles. The largest absolute Gasteiger partial charge is 0.316 e. The highest BCUT2D eigenvalue weighted by molar-refractivity contribution is 4.88. The molecule has 2 aliphatic rings. The Morgan fingerprint density at radius 3 is 2.79 bits per heavy atom. The summed E-state index contributed by atoms with van der Waals surface area (Å²) in [6.07, 6.45) is 5.52. The zero-order chi connectivity index (χ0) is 13.7. The second-order valence-electron chi connectivity index (χ2n) is 6.60. The van der Waals surface area contributed by atoms with Gasteiger partial charge in [0.2, 0.25) is 0 Å². The smallest absolute Gasteiger partial charge is 0.0223 e. The Labute approximate surface area is 119 Å². The fourth-order valence-electron chi connectivity index (χ4n) is 3.59. The van der Waals surface area contributed by atoms with E-state index in [0.29, 0.717) is 6.04 Å². The van der Waals surface area contributed by atoms with Crippen molar-refractivity contribution in [1.82, 2.24) is 15.1 Å². The Morgan fingerprint density at radius 2 is 2.00 bits per heavy atom. The van der Waals surface area contributed by atoms with Crippen LogP contribution in [0.25, 0.3) is 0 Å². The minimum absolute atomic E-state index is 0.716. The summed E-state index contributed by atoms with van der Waals surface area (Å²) in [5, 5.41) is 3.57. The van der Waals surface area contributed by atoms with Gasteiger partial charge in [-0.3, -0.25) is 9.80 Å². The van der Waals surface area contributed by atoms with Crippen molar-refractivity contribution in [2.75, 3.05) is 39.3 Å². The van der Waals surface area contributed by atoms with Crippen molar-refractivity contribution < 1.29 is 0 Å². The molecular weight excluding hydrogens is 234 g/mol. The van der Waals surface area contributed by atoms with E-state index in [1.165, 1.54) is 58.4 Å². The Morgan fingerprint density at radius 1 is 1.16 bits per heavy atom. The molecule has 0 spiro atoms. The van der Waals surface area contributed by atoms with Crippen molar-refractivity contribution in [3.8, 4) is 0 Å². The standard InChI is InChI=1S/C16H33N3/c1-4-8-17-12-14(2)15(3)19-11-10-18-9-6-5-7-16(18)13-19/h14-17H,4-13H2,1-3H3. The molecular formula is C16H33N3. The highest BCUT2D eigenvalue weighted by Gasteiger charge is 2.31. The van der Waals surface area contributed by atoms with E-state index in [4.69, 9.17) is 0 Å². The van der Waals surface area contributed by atoms with E-state index in [1.54, 1.807) is 0 Å². The van der Waals surface area contributed by atoms with Crippen LogP contribution in [-0.4, -0.2) is 61.2 Å². The molecule has 3 atom stereocenters. The zero-order valence-corrected chi connectivity index (χ0v) is 13.2. The fraction of sp³-hybridized carbons (Fsp3) is 1.00. The maximum absolute atomic E-state index is 3.57. The number of rotatable bonds is 6. The molecule has 0 aromatic rings. The Bertz CT molecular complexity index is 256. The summed E-state index contributed by atoms with van der Waals surface area (Å²) >= 11 is 0. The van der Waals surface area contributed by atoms with E-state index >= 15 is 0 Å². The number of nitrogens with zero attached hydrogens (tertiary/aromatic N) is 2. The molecule has 112 valence electrons. The van der Waals surface area contributed by atoms with Crippen LogP contribution in [0.2, 0.25) is 0 Å². The average Bonchev–Trinajstić information content (AvgIpc) is 2.46. The predicted octanol–water partition coefficient (Wildman–Crippen LogP) is 2.18. The second-order valence-corrected chi connectivity index (χ2v) is 6.60. The van der Waals surface area contributed by atoms with Crippen LogP contribution in [0, 0.1) is 5.92 Å². The number of fused-ring (bicyclic) bond motifs is 1. The van der Waals surface area contributed by atoms with Gasteiger partial charge >= 0.3 is 0 Å². The first-order chi connectivity index (χ1) is 9.22. The van der Waals surface area contributed by atoms with Crippen LogP contribution >= 0.6 is 0 Å². The van der Waals surface area contributed by atoms with Gasteiger partial charge in [-0.15, -0.1) is 0 Å². The highest BCUT2D eigenvalue weighted by atomic mass is 15.3. The molecule has 2 aliphatic heterocycles. The molecule has 2 saturated heterocycles. The molecule has 3 unspecified atom stereocenters. The second kappa shape index (κ2) is 7.61. The topological polar surface area (TPSA) is 18.5 Å². The van der Waals surface area contributed by atoms with Crippen molar-refractivity contribution in [3.05, 3.63) is 0 Å². The fourth-order valence-corrected chi connectivity index (χ4v) is 3.59. The van der Waals surface area contributed by atoms with Gasteiger partial charge in [-0.05, 0) is 51.7 Å². The summed E-state index contributed by atoms with van der Waals surface area (Å²) in [6.45, 7) is 14.6. The van der Waals surface area contributed by atoms with E-state index in [9.17, 15) is 0 Å². The van der Waals surface area contributed by atoms with Crippen LogP contribution in [0.5, 0.6) is 0 Å². The van der Waals surface area contributed by atoms with Gasteiger partial charge in [-0.1, -0.05) is 20.3 Å². The molecule has 0 bridgehead atoms. The van der Waals surface area contributed by atoms with E-state index < -0.39 is 0 Å². The van der Waals surface area contributed by atoms with E-state index in [0.717, 1.165) is 18.5 Å². The molecule has 0 aromatic heterocycles. The molecule has 3 nitrogen and oxygen atoms in total. The zero-order valence-electron chi connectivity index (χ0n) is 13.2. The van der Waals surface area contributed by atoms with Crippen LogP contribution < -0.4 is 5.32 Å². The lowest BCUT2D eigenvalue weighted by Gasteiger charge is -2.47. The van der Waals surface area contributed by atoms with Gasteiger partial charge < -0.3 is 5.32 Å². The predicted molar refractivity (Wildman–Crippen MR) is 82.6 cm³/mol. The Hall–Kier alpha value is -0.120. The van der Waals surface area contributed by atoms with Crippen LogP contribution in [0.15, 0.2) is 0 Å². The summed E-state index contributed by atoms with van der Waals surface area (Å²) in [6, 6.07) is 1.56. The highest BCUT2D eigenvalue weighted by Crippen LogP contribution is 2.23. The van der Waals surface area contributed by atoms with Crippen molar-refractivity contribution in [2.45, 2.75) is 58.5 Å². The normalized spacial score (nSPS) is 28.9. The Kier molecular flexibility index (Phi) is 6.11. The molecule has 1 N–H and O–H groups in total. The maximum Gasteiger partial charge on any atom is 0.0223 e. The summed E-state index contributed by atoms with van der Waals surface area (Å²) in [5.41, 5.74) is 0. The molecule has 0 radical (unpaired) electrons. The molecule has 3 heteroatoms. The molecule has 2 rings (SSSR count). The molecule has 0 amide bonds. The summed E-state index contributed by atoms with van der Waals surface area (Å²) < 4.78 is 0. The first-order valence-electron chi connectivity index (χ1n) is 8.41. The van der Waals surface area contributed by atoms with E-state index in [1.807, 2.05) is 0 Å². The van der Waals surface area contributed by atoms with Gasteiger partial charge in [-0.2, -0.15) is 0 Å². The number of piperidine rings is 1. The third-order valence-corrected chi connectivity index (χ3v) is 5.16. The van der Waals surface area contributed by atoms with Crippen molar-refractivity contribution >= 4 is 0 Å². The van der Waals surface area contributed by atoms with Gasteiger partial charge in [-0.25, -0.2) is 0 Å². The lowest BCUT2D eigenvalue weighted by molar-refractivity contribution is 0.0193. The minimum atomic E-state index is 0.716. The third kappa shape index (κ3) is 4.17. The molecule has 19 heavy (non-hydrogen) atoms. The third-order valence-electron chi connectivity index (χ3n) is 5.16. The van der Waals surface area contributed by atoms with E-state index in [-0.39, 0.29) is 0 Å². The van der Waals surface area contributed by atoms with Crippen molar-refractivity contribution in [1.29, 1.82) is 0 Å². The lowest BCUT2D eigenvalue weighted by atomic mass is 9.95. The van der Waals surface area contributed by atoms with Crippen molar-refractivity contribution in [3.63, 3.8) is 0 Å². The Balaban J connectivity index is 1.77. The van der Waals surface area contributed by atoms with Gasteiger partial charge in [0, 0.05) is 31.7 Å². The average molecular weight is 267 g/mol. The van der Waals surface area contributed by atoms with Crippen LogP contribution in [0.1, 0.15) is 46.5 Å². The first-order valence-corrected chi connectivity index (χ1v) is 8.41. The van der Waals surface area contributed by atoms with Gasteiger partial charge in [0.15, 0.2) is 0 Å². The summed E-state index contributed by atoms with van der Waals surface area (Å²) in [7, 11) is 0. The van der Waals surface area contributed by atoms with Gasteiger partial charge in [0.25, 0.3) is 0 Å². The number of piperazine rings is 1. The van der Waals surface area contributed by atoms with Crippen LogP contribution in [0.3, 0.4) is 0 Å². The SMILES string of the molecule is CCCNCC(C)C(C)N1CCN2CCCCC2C1. The molecule has 2 heterocycles. The van der Waals surface area contributed by atoms with E-state index in [2.05, 4.69) is 35.9 Å². The number of nitrogens with one attached hydrogen (secondary N) is 1. The monoisotopic (exact) mass is 267 g/mol. The minimum Gasteiger partial charge on any atom is -0.316 e. The number of hydrogen-bond donors (Lipinski definition) is 1. The van der Waals surface area contributed by atoms with Crippen LogP contribution in [0.4, 0.5) is 0 Å². The summed E-state index contributed by atoms with van der Waals surface area (Å²) in [5.74, 6) is 0.752. The van der Waals surface area contributed by atoms with Crippen LogP contribution in [-0.2, 0) is 0 Å². The number of hydrogen-bond acceptors (Lipinski definition) is 3. The molecule has 0 saturated carbocycles. The van der Waals surface area contributed by atoms with Gasteiger partial charge in [0.05, 0.1) is 0 Å².